The molecule has 26 heavy (non-hydrogen) atoms. The zero-order valence-electron chi connectivity index (χ0n) is 17.5. The van der Waals surface area contributed by atoms with Crippen molar-refractivity contribution in [1.29, 1.82) is 0 Å². The first-order valence-electron chi connectivity index (χ1n) is 10.2. The predicted molar refractivity (Wildman–Crippen MR) is 119 cm³/mol. The molecule has 0 spiro atoms. The Hall–Kier alpha value is -1.47. The second-order valence-electron chi connectivity index (χ2n) is 9.34. The van der Waals surface area contributed by atoms with Gasteiger partial charge in [-0.25, -0.2) is 0 Å². The highest BCUT2D eigenvalue weighted by atomic mass is 28.3. The van der Waals surface area contributed by atoms with E-state index in [9.17, 15) is 0 Å². The van der Waals surface area contributed by atoms with E-state index in [2.05, 4.69) is 101 Å². The molecule has 0 N–H and O–H groups in total. The van der Waals surface area contributed by atoms with Crippen LogP contribution in [0.4, 0.5) is 0 Å². The third-order valence-electron chi connectivity index (χ3n) is 6.34. The highest BCUT2D eigenvalue weighted by molar-refractivity contribution is 6.80. The maximum atomic E-state index is 2.56. The monoisotopic (exact) mass is 365 g/mol. The van der Waals surface area contributed by atoms with Crippen LogP contribution in [0.2, 0.25) is 24.2 Å². The molecule has 0 amide bonds. The topological polar surface area (TPSA) is 0 Å². The van der Waals surface area contributed by atoms with Gasteiger partial charge >= 0.3 is 0 Å². The summed E-state index contributed by atoms with van der Waals surface area (Å²) >= 11 is 0. The van der Waals surface area contributed by atoms with Crippen LogP contribution in [0, 0.1) is 6.42 Å². The van der Waals surface area contributed by atoms with Crippen molar-refractivity contribution in [3.8, 4) is 0 Å². The normalized spacial score (nSPS) is 13.4. The minimum absolute atomic E-state index is 0.507. The number of benzene rings is 2. The number of rotatable bonds is 9. The van der Waals surface area contributed by atoms with Crippen molar-refractivity contribution in [2.45, 2.75) is 76.5 Å². The molecule has 0 aliphatic rings. The van der Waals surface area contributed by atoms with Crippen molar-refractivity contribution in [3.63, 3.8) is 0 Å². The number of unbranched alkanes of at least 4 members (excludes halogenated alkanes) is 1. The molecule has 0 radical (unpaired) electrons. The van der Waals surface area contributed by atoms with E-state index in [1.54, 1.807) is 0 Å². The standard InChI is InChI=1S/C25H37Si/c1-25(2,3)26(4,5)21-13-12-18-24(23-16-10-7-11-17-23)20-19-22-14-8-6-9-15-22/h6-11,14-17,19,24H,12-13,18,20-21H2,1-5H3/q-1. The van der Waals surface area contributed by atoms with Gasteiger partial charge in [0.1, 0.15) is 0 Å². The molecule has 0 bridgehead atoms. The van der Waals surface area contributed by atoms with E-state index in [0.717, 1.165) is 6.42 Å². The quantitative estimate of drug-likeness (QED) is 0.239. The van der Waals surface area contributed by atoms with Crippen molar-refractivity contribution in [3.05, 3.63) is 78.2 Å². The van der Waals surface area contributed by atoms with Crippen LogP contribution >= 0.6 is 0 Å². The van der Waals surface area contributed by atoms with E-state index < -0.39 is 8.07 Å². The molecule has 0 saturated heterocycles. The summed E-state index contributed by atoms with van der Waals surface area (Å²) in [6, 6.07) is 23.3. The summed E-state index contributed by atoms with van der Waals surface area (Å²) in [6.07, 6.45) is 7.56. The molecule has 2 aromatic carbocycles. The van der Waals surface area contributed by atoms with Crippen LogP contribution in [-0.4, -0.2) is 8.07 Å². The zero-order valence-corrected chi connectivity index (χ0v) is 18.5. The Morgan fingerprint density at radius 1 is 0.846 bits per heavy atom. The Balaban J connectivity index is 1.90. The fraction of sp³-hybridized carbons (Fsp3) is 0.480. The van der Waals surface area contributed by atoms with Gasteiger partial charge in [-0.05, 0) is 22.9 Å². The van der Waals surface area contributed by atoms with E-state index in [1.165, 1.54) is 36.4 Å². The minimum atomic E-state index is -1.14. The fourth-order valence-electron chi connectivity index (χ4n) is 3.35. The smallest absolute Gasteiger partial charge is 0.0527 e. The Morgan fingerprint density at radius 3 is 2.00 bits per heavy atom. The van der Waals surface area contributed by atoms with Gasteiger partial charge in [0.2, 0.25) is 0 Å². The molecule has 2 rings (SSSR count). The summed E-state index contributed by atoms with van der Waals surface area (Å²) in [5.74, 6) is 0.635. The SMILES string of the molecule is CC(C)(C)[Si](C)(C)CCCCC(C[CH-]c1ccccc1)c1ccccc1. The highest BCUT2D eigenvalue weighted by Crippen LogP contribution is 2.40. The van der Waals surface area contributed by atoms with Crippen molar-refractivity contribution in [2.75, 3.05) is 0 Å². The van der Waals surface area contributed by atoms with Crippen LogP contribution in [-0.2, 0) is 0 Å². The van der Waals surface area contributed by atoms with Crippen molar-refractivity contribution < 1.29 is 0 Å². The molecule has 0 nitrogen and oxygen atoms in total. The first kappa shape index (κ1) is 20.8. The molecule has 0 aromatic heterocycles. The van der Waals surface area contributed by atoms with Crippen LogP contribution in [0.1, 0.15) is 63.5 Å². The first-order chi connectivity index (χ1) is 12.3. The molecular weight excluding hydrogens is 328 g/mol. The van der Waals surface area contributed by atoms with Crippen LogP contribution in [0.15, 0.2) is 60.7 Å². The fourth-order valence-corrected chi connectivity index (χ4v) is 5.23. The zero-order chi connectivity index (χ0) is 19.0. The molecule has 142 valence electrons. The van der Waals surface area contributed by atoms with Crippen molar-refractivity contribution in [1.82, 2.24) is 0 Å². The minimum Gasteiger partial charge on any atom is -0.192 e. The number of hydrogen-bond acceptors (Lipinski definition) is 0. The maximum absolute atomic E-state index is 2.56. The highest BCUT2D eigenvalue weighted by Gasteiger charge is 2.33. The molecular formula is C25H37Si-. The van der Waals surface area contributed by atoms with Gasteiger partial charge in [0.25, 0.3) is 0 Å². The molecule has 1 unspecified atom stereocenters. The third-order valence-corrected chi connectivity index (χ3v) is 12.0. The Labute approximate surface area is 163 Å². The van der Waals surface area contributed by atoms with E-state index in [4.69, 9.17) is 0 Å². The first-order valence-corrected chi connectivity index (χ1v) is 13.4. The molecule has 0 aliphatic heterocycles. The lowest BCUT2D eigenvalue weighted by molar-refractivity contribution is 0.574. The van der Waals surface area contributed by atoms with Gasteiger partial charge in [0.05, 0.1) is 8.07 Å². The second kappa shape index (κ2) is 9.46. The van der Waals surface area contributed by atoms with Gasteiger partial charge in [-0.3, -0.25) is 0 Å². The van der Waals surface area contributed by atoms with Crippen LogP contribution < -0.4 is 0 Å². The van der Waals surface area contributed by atoms with Gasteiger partial charge in [-0.1, -0.05) is 95.6 Å². The van der Waals surface area contributed by atoms with Crippen LogP contribution in [0.25, 0.3) is 0 Å². The molecule has 2 aromatic rings. The summed E-state index contributed by atoms with van der Waals surface area (Å²) in [6.45, 7) is 12.4. The third kappa shape index (κ3) is 6.36. The van der Waals surface area contributed by atoms with E-state index in [-0.39, 0.29) is 0 Å². The molecule has 0 fully saturated rings. The molecule has 1 atom stereocenters. The summed E-state index contributed by atoms with van der Waals surface area (Å²) in [4.78, 5) is 0. The van der Waals surface area contributed by atoms with E-state index in [0.29, 0.717) is 11.0 Å². The van der Waals surface area contributed by atoms with E-state index in [1.807, 2.05) is 0 Å². The largest absolute Gasteiger partial charge is 0.192 e. The molecule has 0 heterocycles. The summed E-state index contributed by atoms with van der Waals surface area (Å²) in [7, 11) is -1.14. The van der Waals surface area contributed by atoms with Crippen LogP contribution in [0.3, 0.4) is 0 Å². The van der Waals surface area contributed by atoms with Crippen molar-refractivity contribution >= 4 is 8.07 Å². The average Bonchev–Trinajstić information content (AvgIpc) is 2.61. The lowest BCUT2D eigenvalue weighted by atomic mass is 9.88. The molecule has 0 saturated carbocycles. The molecule has 0 aliphatic carbocycles. The second-order valence-corrected chi connectivity index (χ2v) is 15.1. The molecule has 1 heteroatoms. The van der Waals surface area contributed by atoms with Gasteiger partial charge in [0.15, 0.2) is 0 Å². The van der Waals surface area contributed by atoms with Crippen LogP contribution in [0.5, 0.6) is 0 Å². The Kier molecular flexibility index (Phi) is 7.58. The van der Waals surface area contributed by atoms with Gasteiger partial charge in [-0.15, -0.1) is 12.1 Å². The summed E-state index contributed by atoms with van der Waals surface area (Å²) in [5, 5.41) is 0.507. The Morgan fingerprint density at radius 2 is 1.42 bits per heavy atom. The van der Waals surface area contributed by atoms with Gasteiger partial charge < -0.3 is 0 Å². The van der Waals surface area contributed by atoms with Gasteiger partial charge in [0, 0.05) is 0 Å². The summed E-state index contributed by atoms with van der Waals surface area (Å²) in [5.41, 5.74) is 2.83. The predicted octanol–water partition coefficient (Wildman–Crippen LogP) is 8.09. The van der Waals surface area contributed by atoms with Crippen molar-refractivity contribution in [2.24, 2.45) is 0 Å². The lowest BCUT2D eigenvalue weighted by Crippen LogP contribution is -2.36. The Bertz CT molecular complexity index is 622. The van der Waals surface area contributed by atoms with E-state index >= 15 is 0 Å². The number of hydrogen-bond donors (Lipinski definition) is 0. The summed E-state index contributed by atoms with van der Waals surface area (Å²) < 4.78 is 0. The van der Waals surface area contributed by atoms with Gasteiger partial charge in [-0.2, -0.15) is 24.1 Å². The maximum Gasteiger partial charge on any atom is 0.0527 e. The average molecular weight is 366 g/mol. The lowest BCUT2D eigenvalue weighted by Gasteiger charge is -2.37.